The Hall–Kier alpha value is -1.68. The summed E-state index contributed by atoms with van der Waals surface area (Å²) in [4.78, 5) is 4.26. The van der Waals surface area contributed by atoms with Gasteiger partial charge in [-0.25, -0.2) is 0 Å². The molecule has 0 aromatic carbocycles. The molecule has 0 aliphatic rings. The Bertz CT molecular complexity index is 472. The van der Waals surface area contributed by atoms with E-state index < -0.39 is 0 Å². The maximum Gasteiger partial charge on any atom is 0.0521 e. The van der Waals surface area contributed by atoms with Crippen LogP contribution < -0.4 is 5.73 Å². The van der Waals surface area contributed by atoms with Gasteiger partial charge in [-0.05, 0) is 37.0 Å². The summed E-state index contributed by atoms with van der Waals surface area (Å²) in [7, 11) is 1.92. The fourth-order valence-corrected chi connectivity index (χ4v) is 1.79. The average Bonchev–Trinajstić information content (AvgIpc) is 2.73. The molecule has 17 heavy (non-hydrogen) atoms. The predicted molar refractivity (Wildman–Crippen MR) is 67.4 cm³/mol. The molecule has 0 amide bonds. The molecule has 0 saturated heterocycles. The fraction of sp³-hybridized carbons (Fsp3) is 0.385. The first-order valence-electron chi connectivity index (χ1n) is 5.81. The highest BCUT2D eigenvalue weighted by Crippen LogP contribution is 2.15. The highest BCUT2D eigenvalue weighted by Gasteiger charge is 2.07. The Morgan fingerprint density at radius 3 is 2.76 bits per heavy atom. The van der Waals surface area contributed by atoms with Crippen molar-refractivity contribution in [2.24, 2.45) is 12.8 Å². The van der Waals surface area contributed by atoms with E-state index in [9.17, 15) is 0 Å². The summed E-state index contributed by atoms with van der Waals surface area (Å²) in [6.45, 7) is 1.98. The summed E-state index contributed by atoms with van der Waals surface area (Å²) in [5.74, 6) is 0. The van der Waals surface area contributed by atoms with E-state index in [4.69, 9.17) is 5.73 Å². The van der Waals surface area contributed by atoms with Gasteiger partial charge in [-0.3, -0.25) is 9.67 Å². The zero-order chi connectivity index (χ0) is 12.3. The molecule has 0 bridgehead atoms. The van der Waals surface area contributed by atoms with Crippen LogP contribution in [0.2, 0.25) is 0 Å². The molecule has 0 radical (unpaired) electrons. The lowest BCUT2D eigenvalue weighted by Crippen LogP contribution is -2.11. The standard InChI is InChI=1S/C13H18N4/c1-10-3-5-12(8-15-10)13(14)6-4-11-7-16-17(2)9-11/h3,5,7-9,13H,4,6,14H2,1-2H3. The third-order valence-electron chi connectivity index (χ3n) is 2.86. The van der Waals surface area contributed by atoms with Crippen molar-refractivity contribution in [1.82, 2.24) is 14.8 Å². The van der Waals surface area contributed by atoms with Gasteiger partial charge in [0.1, 0.15) is 0 Å². The molecular weight excluding hydrogens is 212 g/mol. The second-order valence-corrected chi connectivity index (χ2v) is 4.40. The number of rotatable bonds is 4. The van der Waals surface area contributed by atoms with Crippen molar-refractivity contribution in [2.75, 3.05) is 0 Å². The Balaban J connectivity index is 1.93. The van der Waals surface area contributed by atoms with Crippen molar-refractivity contribution in [3.8, 4) is 0 Å². The second kappa shape index (κ2) is 5.10. The molecule has 2 heterocycles. The van der Waals surface area contributed by atoms with Crippen molar-refractivity contribution < 1.29 is 0 Å². The topological polar surface area (TPSA) is 56.7 Å². The Morgan fingerprint density at radius 1 is 1.35 bits per heavy atom. The largest absolute Gasteiger partial charge is 0.324 e. The lowest BCUT2D eigenvalue weighted by Gasteiger charge is -2.10. The number of aromatic nitrogens is 3. The zero-order valence-corrected chi connectivity index (χ0v) is 10.3. The molecule has 0 saturated carbocycles. The first-order chi connectivity index (χ1) is 8.15. The van der Waals surface area contributed by atoms with Crippen LogP contribution >= 0.6 is 0 Å². The van der Waals surface area contributed by atoms with E-state index in [1.165, 1.54) is 5.56 Å². The van der Waals surface area contributed by atoms with Crippen molar-refractivity contribution in [3.05, 3.63) is 47.5 Å². The summed E-state index contributed by atoms with van der Waals surface area (Å²) in [6.07, 6.45) is 7.64. The van der Waals surface area contributed by atoms with Crippen LogP contribution in [0.3, 0.4) is 0 Å². The van der Waals surface area contributed by atoms with E-state index in [1.807, 2.05) is 43.3 Å². The molecule has 0 fully saturated rings. The monoisotopic (exact) mass is 230 g/mol. The van der Waals surface area contributed by atoms with Gasteiger partial charge in [-0.2, -0.15) is 5.10 Å². The minimum Gasteiger partial charge on any atom is -0.324 e. The minimum absolute atomic E-state index is 0.0447. The molecule has 4 nitrogen and oxygen atoms in total. The van der Waals surface area contributed by atoms with Crippen LogP contribution in [-0.2, 0) is 13.5 Å². The van der Waals surface area contributed by atoms with Gasteiger partial charge in [-0.1, -0.05) is 6.07 Å². The third-order valence-corrected chi connectivity index (χ3v) is 2.86. The fourth-order valence-electron chi connectivity index (χ4n) is 1.79. The minimum atomic E-state index is 0.0447. The van der Waals surface area contributed by atoms with Crippen LogP contribution in [0.25, 0.3) is 0 Å². The van der Waals surface area contributed by atoms with E-state index in [0.717, 1.165) is 24.1 Å². The van der Waals surface area contributed by atoms with Crippen molar-refractivity contribution in [3.63, 3.8) is 0 Å². The first-order valence-corrected chi connectivity index (χ1v) is 5.81. The van der Waals surface area contributed by atoms with E-state index in [-0.39, 0.29) is 6.04 Å². The molecule has 90 valence electrons. The molecule has 2 rings (SSSR count). The second-order valence-electron chi connectivity index (χ2n) is 4.40. The first kappa shape index (κ1) is 11.8. The van der Waals surface area contributed by atoms with E-state index in [2.05, 4.69) is 16.1 Å². The van der Waals surface area contributed by atoms with Crippen molar-refractivity contribution >= 4 is 0 Å². The van der Waals surface area contributed by atoms with Gasteiger partial charge < -0.3 is 5.73 Å². The highest BCUT2D eigenvalue weighted by molar-refractivity contribution is 5.17. The Morgan fingerprint density at radius 2 is 2.18 bits per heavy atom. The van der Waals surface area contributed by atoms with Gasteiger partial charge in [-0.15, -0.1) is 0 Å². The van der Waals surface area contributed by atoms with Crippen LogP contribution in [0.1, 0.15) is 29.3 Å². The van der Waals surface area contributed by atoms with Crippen LogP contribution in [0, 0.1) is 6.92 Å². The maximum absolute atomic E-state index is 6.13. The van der Waals surface area contributed by atoms with Gasteiger partial charge in [0.15, 0.2) is 0 Å². The molecule has 2 aromatic rings. The van der Waals surface area contributed by atoms with E-state index >= 15 is 0 Å². The van der Waals surface area contributed by atoms with Crippen LogP contribution in [0.5, 0.6) is 0 Å². The average molecular weight is 230 g/mol. The van der Waals surface area contributed by atoms with Gasteiger partial charge in [0.25, 0.3) is 0 Å². The van der Waals surface area contributed by atoms with Crippen molar-refractivity contribution in [2.45, 2.75) is 25.8 Å². The summed E-state index contributed by atoms with van der Waals surface area (Å²) < 4.78 is 1.81. The summed E-state index contributed by atoms with van der Waals surface area (Å²) in [5, 5.41) is 4.14. The normalized spacial score (nSPS) is 12.6. The molecule has 0 spiro atoms. The molecule has 2 aromatic heterocycles. The smallest absolute Gasteiger partial charge is 0.0521 e. The van der Waals surface area contributed by atoms with Crippen LogP contribution in [-0.4, -0.2) is 14.8 Å². The Kier molecular flexibility index (Phi) is 3.54. The number of nitrogens with two attached hydrogens (primary N) is 1. The van der Waals surface area contributed by atoms with Crippen LogP contribution in [0.15, 0.2) is 30.7 Å². The van der Waals surface area contributed by atoms with Crippen molar-refractivity contribution in [1.29, 1.82) is 0 Å². The lowest BCUT2D eigenvalue weighted by atomic mass is 10.0. The summed E-state index contributed by atoms with van der Waals surface area (Å²) >= 11 is 0. The summed E-state index contributed by atoms with van der Waals surface area (Å²) in [5.41, 5.74) is 9.48. The highest BCUT2D eigenvalue weighted by atomic mass is 15.2. The van der Waals surface area contributed by atoms with Gasteiger partial charge in [0, 0.05) is 31.2 Å². The molecule has 1 unspecified atom stereocenters. The summed E-state index contributed by atoms with van der Waals surface area (Å²) in [6, 6.07) is 4.10. The molecule has 0 aliphatic carbocycles. The lowest BCUT2D eigenvalue weighted by molar-refractivity contribution is 0.648. The predicted octanol–water partition coefficient (Wildman–Crippen LogP) is 1.76. The SMILES string of the molecule is Cc1ccc(C(N)CCc2cnn(C)c2)cn1. The van der Waals surface area contributed by atoms with Gasteiger partial charge >= 0.3 is 0 Å². The Labute approximate surface area is 101 Å². The quantitative estimate of drug-likeness (QED) is 0.870. The molecular formula is C13H18N4. The number of aryl methyl sites for hydroxylation is 3. The van der Waals surface area contributed by atoms with E-state index in [0.29, 0.717) is 0 Å². The van der Waals surface area contributed by atoms with E-state index in [1.54, 1.807) is 0 Å². The molecule has 4 heteroatoms. The number of hydrogen-bond acceptors (Lipinski definition) is 3. The maximum atomic E-state index is 6.13. The number of hydrogen-bond donors (Lipinski definition) is 1. The van der Waals surface area contributed by atoms with Gasteiger partial charge in [0.2, 0.25) is 0 Å². The third kappa shape index (κ3) is 3.14. The molecule has 1 atom stereocenters. The number of pyridine rings is 1. The number of nitrogens with zero attached hydrogens (tertiary/aromatic N) is 3. The van der Waals surface area contributed by atoms with Gasteiger partial charge in [0.05, 0.1) is 6.20 Å². The molecule has 2 N–H and O–H groups in total. The molecule has 0 aliphatic heterocycles. The zero-order valence-electron chi connectivity index (χ0n) is 10.3. The van der Waals surface area contributed by atoms with Crippen LogP contribution in [0.4, 0.5) is 0 Å².